The normalized spacial score (nSPS) is 19.3. The van der Waals surface area contributed by atoms with Crippen molar-refractivity contribution in [1.29, 1.82) is 0 Å². The largest absolute Gasteiger partial charge is 0.307 e. The minimum absolute atomic E-state index is 0.0587. The molecular weight excluding hydrogens is 317 g/mol. The maximum atomic E-state index is 14.0. The molecule has 0 radical (unpaired) electrons. The third-order valence-corrected chi connectivity index (χ3v) is 5.49. The van der Waals surface area contributed by atoms with E-state index in [0.29, 0.717) is 6.04 Å². The number of fused-ring (bicyclic) bond motifs is 1. The Kier molecular flexibility index (Phi) is 4.25. The molecule has 3 rings (SSSR count). The van der Waals surface area contributed by atoms with Crippen molar-refractivity contribution in [2.45, 2.75) is 43.2 Å². The van der Waals surface area contributed by atoms with Gasteiger partial charge in [0, 0.05) is 24.0 Å². The van der Waals surface area contributed by atoms with Crippen LogP contribution in [0.3, 0.4) is 0 Å². The van der Waals surface area contributed by atoms with E-state index >= 15 is 0 Å². The summed E-state index contributed by atoms with van der Waals surface area (Å²) in [4.78, 5) is -0.255. The van der Waals surface area contributed by atoms with Gasteiger partial charge < -0.3 is 5.32 Å². The number of H-pyrrole nitrogens is 1. The number of nitrogens with zero attached hydrogens (tertiary/aromatic N) is 1. The number of aromatic nitrogens is 2. The molecule has 5 nitrogen and oxygen atoms in total. The van der Waals surface area contributed by atoms with Crippen molar-refractivity contribution in [2.75, 3.05) is 6.26 Å². The molecule has 0 fully saturated rings. The topological polar surface area (TPSA) is 74.8 Å². The van der Waals surface area contributed by atoms with Crippen LogP contribution in [0.4, 0.5) is 4.39 Å². The number of hydrogen-bond acceptors (Lipinski definition) is 4. The summed E-state index contributed by atoms with van der Waals surface area (Å²) in [6.45, 7) is 1.96. The molecule has 2 N–H and O–H groups in total. The molecule has 1 aliphatic rings. The molecule has 2 atom stereocenters. The predicted octanol–water partition coefficient (Wildman–Crippen LogP) is 2.16. The van der Waals surface area contributed by atoms with Crippen LogP contribution in [0.2, 0.25) is 0 Å². The third-order valence-electron chi connectivity index (χ3n) is 4.36. The van der Waals surface area contributed by atoms with Gasteiger partial charge >= 0.3 is 0 Å². The number of aromatic amines is 1. The minimum Gasteiger partial charge on any atom is -0.307 e. The molecule has 7 heteroatoms. The summed E-state index contributed by atoms with van der Waals surface area (Å²) in [5.74, 6) is -0.695. The Bertz CT molecular complexity index is 816. The highest BCUT2D eigenvalue weighted by atomic mass is 32.2. The summed E-state index contributed by atoms with van der Waals surface area (Å²) < 4.78 is 37.0. The third kappa shape index (κ3) is 3.45. The smallest absolute Gasteiger partial charge is 0.178 e. The molecule has 0 bridgehead atoms. The van der Waals surface area contributed by atoms with E-state index in [4.69, 9.17) is 0 Å². The molecule has 1 aliphatic carbocycles. The van der Waals surface area contributed by atoms with Gasteiger partial charge in [-0.3, -0.25) is 5.10 Å². The quantitative estimate of drug-likeness (QED) is 0.896. The molecule has 124 valence electrons. The highest BCUT2D eigenvalue weighted by Gasteiger charge is 2.22. The SMILES string of the molecule is C[C@@H](N[C@@H]1CCc2[nH]ncc2C1)c1ccc(S(C)(=O)=O)c(F)c1. The molecule has 0 amide bonds. The van der Waals surface area contributed by atoms with Crippen molar-refractivity contribution in [3.63, 3.8) is 0 Å². The second kappa shape index (κ2) is 6.05. The molecule has 1 heterocycles. The van der Waals surface area contributed by atoms with Crippen LogP contribution in [-0.2, 0) is 22.7 Å². The molecule has 23 heavy (non-hydrogen) atoms. The molecule has 0 unspecified atom stereocenters. The zero-order valence-electron chi connectivity index (χ0n) is 13.1. The summed E-state index contributed by atoms with van der Waals surface area (Å²) in [7, 11) is -3.54. The van der Waals surface area contributed by atoms with Gasteiger partial charge in [-0.2, -0.15) is 5.10 Å². The van der Waals surface area contributed by atoms with Gasteiger partial charge in [-0.15, -0.1) is 0 Å². The van der Waals surface area contributed by atoms with E-state index in [9.17, 15) is 12.8 Å². The lowest BCUT2D eigenvalue weighted by atomic mass is 9.92. The van der Waals surface area contributed by atoms with E-state index in [-0.39, 0.29) is 10.9 Å². The van der Waals surface area contributed by atoms with Crippen LogP contribution in [0.15, 0.2) is 29.3 Å². The van der Waals surface area contributed by atoms with E-state index < -0.39 is 15.7 Å². The van der Waals surface area contributed by atoms with E-state index in [2.05, 4.69) is 15.5 Å². The lowest BCUT2D eigenvalue weighted by Crippen LogP contribution is -2.36. The molecule has 0 spiro atoms. The van der Waals surface area contributed by atoms with Crippen molar-refractivity contribution >= 4 is 9.84 Å². The molecule has 0 saturated heterocycles. The number of hydrogen-bond donors (Lipinski definition) is 2. The first kappa shape index (κ1) is 16.1. The zero-order chi connectivity index (χ0) is 16.6. The highest BCUT2D eigenvalue weighted by Crippen LogP contribution is 2.24. The van der Waals surface area contributed by atoms with Gasteiger partial charge in [-0.25, -0.2) is 12.8 Å². The Labute approximate surface area is 135 Å². The maximum Gasteiger partial charge on any atom is 0.178 e. The summed E-state index contributed by atoms with van der Waals surface area (Å²) >= 11 is 0. The minimum atomic E-state index is -3.54. The molecule has 1 aromatic heterocycles. The Morgan fingerprint density at radius 1 is 1.43 bits per heavy atom. The van der Waals surface area contributed by atoms with Gasteiger partial charge in [0.1, 0.15) is 10.7 Å². The van der Waals surface area contributed by atoms with Gasteiger partial charge in [0.25, 0.3) is 0 Å². The fourth-order valence-electron chi connectivity index (χ4n) is 3.10. The van der Waals surface area contributed by atoms with E-state index in [0.717, 1.165) is 31.1 Å². The first-order chi connectivity index (χ1) is 10.8. The van der Waals surface area contributed by atoms with Crippen LogP contribution in [0.1, 0.15) is 36.2 Å². The van der Waals surface area contributed by atoms with Crippen molar-refractivity contribution in [3.05, 3.63) is 47.0 Å². The van der Waals surface area contributed by atoms with Crippen molar-refractivity contribution in [1.82, 2.24) is 15.5 Å². The lowest BCUT2D eigenvalue weighted by molar-refractivity contribution is 0.411. The maximum absolute atomic E-state index is 14.0. The fraction of sp³-hybridized carbons (Fsp3) is 0.438. The summed E-state index contributed by atoms with van der Waals surface area (Å²) in [5, 5.41) is 10.6. The van der Waals surface area contributed by atoms with Gasteiger partial charge in [-0.05, 0) is 49.4 Å². The second-order valence-corrected chi connectivity index (χ2v) is 8.15. The summed E-state index contributed by atoms with van der Waals surface area (Å²) in [6, 6.07) is 4.56. The number of aryl methyl sites for hydroxylation is 1. The molecule has 0 aliphatic heterocycles. The zero-order valence-corrected chi connectivity index (χ0v) is 14.0. The van der Waals surface area contributed by atoms with Crippen LogP contribution in [0.5, 0.6) is 0 Å². The Morgan fingerprint density at radius 3 is 2.91 bits per heavy atom. The molecule has 0 saturated carbocycles. The van der Waals surface area contributed by atoms with Gasteiger partial charge in [0.05, 0.1) is 6.20 Å². The van der Waals surface area contributed by atoms with Crippen molar-refractivity contribution in [3.8, 4) is 0 Å². The first-order valence-corrected chi connectivity index (χ1v) is 9.50. The number of halogens is 1. The van der Waals surface area contributed by atoms with Crippen LogP contribution in [0.25, 0.3) is 0 Å². The fourth-order valence-corrected chi connectivity index (χ4v) is 3.82. The molecular formula is C16H20FN3O2S. The van der Waals surface area contributed by atoms with Gasteiger partial charge in [-0.1, -0.05) is 6.07 Å². The van der Waals surface area contributed by atoms with Crippen LogP contribution >= 0.6 is 0 Å². The molecule has 2 aromatic rings. The summed E-state index contributed by atoms with van der Waals surface area (Å²) in [6.07, 6.45) is 5.69. The van der Waals surface area contributed by atoms with E-state index in [1.807, 2.05) is 13.1 Å². The average molecular weight is 337 g/mol. The van der Waals surface area contributed by atoms with Crippen LogP contribution in [-0.4, -0.2) is 30.9 Å². The Hall–Kier alpha value is -1.73. The van der Waals surface area contributed by atoms with Crippen LogP contribution in [0, 0.1) is 5.82 Å². The summed E-state index contributed by atoms with van der Waals surface area (Å²) in [5.41, 5.74) is 3.16. The first-order valence-electron chi connectivity index (χ1n) is 7.61. The number of sulfone groups is 1. The predicted molar refractivity (Wildman–Crippen MR) is 85.5 cm³/mol. The number of nitrogens with one attached hydrogen (secondary N) is 2. The van der Waals surface area contributed by atoms with Gasteiger partial charge in [0.15, 0.2) is 9.84 Å². The Morgan fingerprint density at radius 2 is 2.22 bits per heavy atom. The average Bonchev–Trinajstić information content (AvgIpc) is 2.93. The van der Waals surface area contributed by atoms with E-state index in [1.54, 1.807) is 6.07 Å². The monoisotopic (exact) mass is 337 g/mol. The molecule has 1 aromatic carbocycles. The van der Waals surface area contributed by atoms with Crippen LogP contribution < -0.4 is 5.32 Å². The van der Waals surface area contributed by atoms with E-state index in [1.165, 1.54) is 23.4 Å². The number of benzene rings is 1. The van der Waals surface area contributed by atoms with Gasteiger partial charge in [0.2, 0.25) is 0 Å². The standard InChI is InChI=1S/C16H20FN3O2S/c1-10(11-3-6-16(14(17)8-11)23(2,21)22)19-13-4-5-15-12(7-13)9-18-20-15/h3,6,8-10,13,19H,4-5,7H2,1-2H3,(H,18,20)/t10-,13-/m1/s1. The second-order valence-electron chi connectivity index (χ2n) is 6.16. The van der Waals surface area contributed by atoms with Crippen molar-refractivity contribution < 1.29 is 12.8 Å². The lowest BCUT2D eigenvalue weighted by Gasteiger charge is -2.27. The Balaban J connectivity index is 1.72. The van der Waals surface area contributed by atoms with Crippen molar-refractivity contribution in [2.24, 2.45) is 0 Å². The highest BCUT2D eigenvalue weighted by molar-refractivity contribution is 7.90. The number of rotatable bonds is 4.